The molecule has 1 aliphatic heterocycles. The van der Waals surface area contributed by atoms with Crippen molar-refractivity contribution in [3.63, 3.8) is 0 Å². The molecule has 3 N–H and O–H groups in total. The van der Waals surface area contributed by atoms with E-state index >= 15 is 0 Å². The minimum Gasteiger partial charge on any atom is -0.398 e. The van der Waals surface area contributed by atoms with Crippen molar-refractivity contribution >= 4 is 27.5 Å². The number of rotatable bonds is 3. The molecule has 98 valence electrons. The molecule has 0 spiro atoms. The van der Waals surface area contributed by atoms with Crippen molar-refractivity contribution < 1.29 is 9.90 Å². The zero-order valence-electron chi connectivity index (χ0n) is 10.3. The van der Waals surface area contributed by atoms with Gasteiger partial charge < -0.3 is 15.7 Å². The molecule has 4 nitrogen and oxygen atoms in total. The molecule has 0 aromatic heterocycles. The highest BCUT2D eigenvalue weighted by molar-refractivity contribution is 9.10. The maximum atomic E-state index is 12.2. The van der Waals surface area contributed by atoms with Gasteiger partial charge in [-0.15, -0.1) is 0 Å². The van der Waals surface area contributed by atoms with Crippen molar-refractivity contribution in [1.29, 1.82) is 0 Å². The number of benzene rings is 1. The van der Waals surface area contributed by atoms with Crippen molar-refractivity contribution in [3.05, 3.63) is 28.2 Å². The van der Waals surface area contributed by atoms with Crippen LogP contribution in [-0.2, 0) is 0 Å². The fourth-order valence-electron chi connectivity index (χ4n) is 2.32. The second-order valence-corrected chi connectivity index (χ2v) is 5.64. The van der Waals surface area contributed by atoms with Gasteiger partial charge in [0.05, 0.1) is 28.7 Å². The number of nitrogen functional groups attached to an aromatic ring is 1. The van der Waals surface area contributed by atoms with E-state index < -0.39 is 5.60 Å². The van der Waals surface area contributed by atoms with Gasteiger partial charge in [0.2, 0.25) is 0 Å². The minimum absolute atomic E-state index is 0.0880. The van der Waals surface area contributed by atoms with Crippen LogP contribution in [0, 0.1) is 0 Å². The molecule has 1 fully saturated rings. The van der Waals surface area contributed by atoms with Crippen LogP contribution in [0.15, 0.2) is 22.7 Å². The maximum absolute atomic E-state index is 12.2. The van der Waals surface area contributed by atoms with Gasteiger partial charge in [-0.3, -0.25) is 4.79 Å². The van der Waals surface area contributed by atoms with Crippen LogP contribution >= 0.6 is 15.9 Å². The molecule has 5 heteroatoms. The summed E-state index contributed by atoms with van der Waals surface area (Å²) in [6.45, 7) is 2.83. The fraction of sp³-hybridized carbons (Fsp3) is 0.462. The lowest BCUT2D eigenvalue weighted by Gasteiger charge is -2.46. The molecule has 0 bridgehead atoms. The Morgan fingerprint density at radius 3 is 2.83 bits per heavy atom. The van der Waals surface area contributed by atoms with Gasteiger partial charge in [-0.25, -0.2) is 0 Å². The number of hydrogen-bond acceptors (Lipinski definition) is 3. The second kappa shape index (κ2) is 4.90. The lowest BCUT2D eigenvalue weighted by molar-refractivity contribution is -0.0860. The fourth-order valence-corrected chi connectivity index (χ4v) is 2.75. The Morgan fingerprint density at radius 1 is 1.56 bits per heavy atom. The monoisotopic (exact) mass is 312 g/mol. The molecule has 2 rings (SSSR count). The van der Waals surface area contributed by atoms with Crippen molar-refractivity contribution in [1.82, 2.24) is 4.90 Å². The highest BCUT2D eigenvalue weighted by Gasteiger charge is 2.43. The Hall–Kier alpha value is -1.07. The van der Waals surface area contributed by atoms with Crippen LogP contribution in [0.25, 0.3) is 0 Å². The third-order valence-corrected chi connectivity index (χ3v) is 4.12. The summed E-state index contributed by atoms with van der Waals surface area (Å²) < 4.78 is 0.626. The van der Waals surface area contributed by atoms with Crippen molar-refractivity contribution in [2.24, 2.45) is 0 Å². The molecule has 0 atom stereocenters. The van der Waals surface area contributed by atoms with Crippen LogP contribution in [0.4, 0.5) is 5.69 Å². The summed E-state index contributed by atoms with van der Waals surface area (Å²) in [5.41, 5.74) is 6.15. The summed E-state index contributed by atoms with van der Waals surface area (Å²) in [5, 5.41) is 10.1. The molecule has 0 aliphatic carbocycles. The van der Waals surface area contributed by atoms with E-state index in [1.54, 1.807) is 23.1 Å². The molecule has 0 radical (unpaired) electrons. The molecular formula is C13H17BrN2O2. The Morgan fingerprint density at radius 2 is 2.22 bits per heavy atom. The SMILES string of the molecule is CCCC1(O)CN(C(=O)c2cccc(N)c2Br)C1. The summed E-state index contributed by atoms with van der Waals surface area (Å²) in [6.07, 6.45) is 1.65. The summed E-state index contributed by atoms with van der Waals surface area (Å²) in [6, 6.07) is 5.23. The van der Waals surface area contributed by atoms with Crippen LogP contribution in [0.2, 0.25) is 0 Å². The van der Waals surface area contributed by atoms with Gasteiger partial charge in [0, 0.05) is 5.69 Å². The molecule has 18 heavy (non-hydrogen) atoms. The summed E-state index contributed by atoms with van der Waals surface area (Å²) in [7, 11) is 0. The number of aliphatic hydroxyl groups is 1. The number of carbonyl (C=O) groups excluding carboxylic acids is 1. The summed E-state index contributed by atoms with van der Waals surface area (Å²) in [4.78, 5) is 13.9. The molecule has 1 heterocycles. The third kappa shape index (κ3) is 2.37. The van der Waals surface area contributed by atoms with Crippen molar-refractivity contribution in [3.8, 4) is 0 Å². The van der Waals surface area contributed by atoms with E-state index in [1.807, 2.05) is 6.92 Å². The minimum atomic E-state index is -0.697. The van der Waals surface area contributed by atoms with E-state index in [2.05, 4.69) is 15.9 Å². The predicted octanol–water partition coefficient (Wildman–Crippen LogP) is 2.02. The van der Waals surface area contributed by atoms with Gasteiger partial charge in [-0.1, -0.05) is 19.4 Å². The van der Waals surface area contributed by atoms with Crippen LogP contribution in [-0.4, -0.2) is 34.6 Å². The number of nitrogens with two attached hydrogens (primary N) is 1. The van der Waals surface area contributed by atoms with E-state index in [1.165, 1.54) is 0 Å². The molecule has 1 aromatic rings. The number of carbonyl (C=O) groups is 1. The first-order chi connectivity index (χ1) is 8.47. The van der Waals surface area contributed by atoms with Crippen molar-refractivity contribution in [2.45, 2.75) is 25.4 Å². The average Bonchev–Trinajstić information content (AvgIpc) is 2.29. The number of amides is 1. The molecule has 1 aromatic carbocycles. The molecule has 0 unspecified atom stereocenters. The first-order valence-corrected chi connectivity index (χ1v) is 6.82. The Kier molecular flexibility index (Phi) is 3.64. The van der Waals surface area contributed by atoms with Gasteiger partial charge in [-0.2, -0.15) is 0 Å². The van der Waals surface area contributed by atoms with E-state index in [-0.39, 0.29) is 5.91 Å². The quantitative estimate of drug-likeness (QED) is 0.839. The van der Waals surface area contributed by atoms with E-state index in [0.717, 1.165) is 12.8 Å². The number of nitrogens with zero attached hydrogens (tertiary/aromatic N) is 1. The highest BCUT2D eigenvalue weighted by Crippen LogP contribution is 2.30. The van der Waals surface area contributed by atoms with Gasteiger partial charge in [0.25, 0.3) is 5.91 Å². The zero-order valence-corrected chi connectivity index (χ0v) is 11.9. The smallest absolute Gasteiger partial charge is 0.255 e. The summed E-state index contributed by atoms with van der Waals surface area (Å²) >= 11 is 3.33. The zero-order chi connectivity index (χ0) is 13.3. The van der Waals surface area contributed by atoms with Gasteiger partial charge in [-0.05, 0) is 34.5 Å². The molecular weight excluding hydrogens is 296 g/mol. The normalized spacial score (nSPS) is 17.4. The number of anilines is 1. The van der Waals surface area contributed by atoms with E-state index in [9.17, 15) is 9.90 Å². The molecule has 1 amide bonds. The van der Waals surface area contributed by atoms with Gasteiger partial charge in [0.15, 0.2) is 0 Å². The first-order valence-electron chi connectivity index (χ1n) is 6.02. The second-order valence-electron chi connectivity index (χ2n) is 4.84. The lowest BCUT2D eigenvalue weighted by atomic mass is 9.89. The van der Waals surface area contributed by atoms with Gasteiger partial charge >= 0.3 is 0 Å². The topological polar surface area (TPSA) is 66.6 Å². The number of hydrogen-bond donors (Lipinski definition) is 2. The Labute approximate surface area is 115 Å². The Bertz CT molecular complexity index is 470. The molecule has 1 saturated heterocycles. The van der Waals surface area contributed by atoms with Crippen LogP contribution < -0.4 is 5.73 Å². The molecule has 1 aliphatic rings. The maximum Gasteiger partial charge on any atom is 0.255 e. The van der Waals surface area contributed by atoms with E-state index in [0.29, 0.717) is 28.8 Å². The first kappa shape index (κ1) is 13.4. The lowest BCUT2D eigenvalue weighted by Crippen LogP contribution is -2.63. The number of β-amino-alcohol motifs (C(OH)–C–C–N with tert-alkyl or cyclic N) is 1. The van der Waals surface area contributed by atoms with Crippen LogP contribution in [0.5, 0.6) is 0 Å². The Balaban J connectivity index is 2.08. The van der Waals surface area contributed by atoms with Crippen molar-refractivity contribution in [2.75, 3.05) is 18.8 Å². The number of halogens is 1. The number of likely N-dealkylation sites (tertiary alicyclic amines) is 1. The van der Waals surface area contributed by atoms with E-state index in [4.69, 9.17) is 5.73 Å². The standard InChI is InChI=1S/C13H17BrN2O2/c1-2-6-13(18)7-16(8-13)12(17)9-4-3-5-10(15)11(9)14/h3-5,18H,2,6-8,15H2,1H3. The van der Waals surface area contributed by atoms with Crippen LogP contribution in [0.3, 0.4) is 0 Å². The predicted molar refractivity (Wildman–Crippen MR) is 74.3 cm³/mol. The summed E-state index contributed by atoms with van der Waals surface area (Å²) in [5.74, 6) is -0.0880. The van der Waals surface area contributed by atoms with Crippen LogP contribution in [0.1, 0.15) is 30.1 Å². The van der Waals surface area contributed by atoms with Gasteiger partial charge in [0.1, 0.15) is 0 Å². The largest absolute Gasteiger partial charge is 0.398 e. The highest BCUT2D eigenvalue weighted by atomic mass is 79.9. The third-order valence-electron chi connectivity index (χ3n) is 3.23. The average molecular weight is 313 g/mol. The molecule has 0 saturated carbocycles.